The minimum atomic E-state index is -1.64. The van der Waals surface area contributed by atoms with Gasteiger partial charge in [0.15, 0.2) is 0 Å². The van der Waals surface area contributed by atoms with Gasteiger partial charge in [0.05, 0.1) is 7.11 Å². The van der Waals surface area contributed by atoms with Crippen molar-refractivity contribution < 1.29 is 19.0 Å². The van der Waals surface area contributed by atoms with Crippen LogP contribution in [0.1, 0.15) is 35.3 Å². The first-order valence-electron chi connectivity index (χ1n) is 4.89. The molecule has 0 amide bonds. The van der Waals surface area contributed by atoms with Crippen LogP contribution in [-0.2, 0) is 5.67 Å². The maximum atomic E-state index is 13.9. The number of hydrogen-bond acceptors (Lipinski definition) is 2. The van der Waals surface area contributed by atoms with E-state index >= 15 is 0 Å². The summed E-state index contributed by atoms with van der Waals surface area (Å²) in [4.78, 5) is 11.1. The van der Waals surface area contributed by atoms with E-state index in [1.807, 2.05) is 0 Å². The zero-order chi connectivity index (χ0) is 12.5. The first-order chi connectivity index (χ1) is 7.29. The third-order valence-electron chi connectivity index (χ3n) is 2.42. The molecule has 0 atom stereocenters. The van der Waals surface area contributed by atoms with E-state index in [0.29, 0.717) is 5.56 Å². The van der Waals surface area contributed by atoms with Crippen LogP contribution in [-0.4, -0.2) is 18.2 Å². The topological polar surface area (TPSA) is 46.5 Å². The Morgan fingerprint density at radius 1 is 1.44 bits per heavy atom. The van der Waals surface area contributed by atoms with Gasteiger partial charge in [-0.15, -0.1) is 0 Å². The van der Waals surface area contributed by atoms with Crippen molar-refractivity contribution in [3.05, 3.63) is 28.8 Å². The second kappa shape index (κ2) is 4.12. The van der Waals surface area contributed by atoms with Crippen LogP contribution in [0.15, 0.2) is 12.1 Å². The summed E-state index contributed by atoms with van der Waals surface area (Å²) in [5.74, 6) is -1.01. The van der Waals surface area contributed by atoms with Crippen molar-refractivity contribution in [2.24, 2.45) is 0 Å². The Kier molecular flexibility index (Phi) is 3.21. The highest BCUT2D eigenvalue weighted by Crippen LogP contribution is 2.36. The third kappa shape index (κ3) is 2.15. The van der Waals surface area contributed by atoms with Crippen LogP contribution in [0.5, 0.6) is 5.75 Å². The van der Waals surface area contributed by atoms with Crippen LogP contribution >= 0.6 is 0 Å². The van der Waals surface area contributed by atoms with E-state index in [9.17, 15) is 9.18 Å². The van der Waals surface area contributed by atoms with Gasteiger partial charge in [0.1, 0.15) is 17.0 Å². The van der Waals surface area contributed by atoms with Gasteiger partial charge < -0.3 is 9.84 Å². The number of alkyl halides is 1. The number of halogens is 1. The zero-order valence-electron chi connectivity index (χ0n) is 9.80. The quantitative estimate of drug-likeness (QED) is 0.861. The molecule has 88 valence electrons. The predicted octanol–water partition coefficient (Wildman–Crippen LogP) is 2.91. The van der Waals surface area contributed by atoms with Crippen molar-refractivity contribution in [2.45, 2.75) is 26.4 Å². The van der Waals surface area contributed by atoms with Crippen molar-refractivity contribution in [1.82, 2.24) is 0 Å². The number of benzene rings is 1. The zero-order valence-corrected chi connectivity index (χ0v) is 9.80. The first kappa shape index (κ1) is 12.5. The molecular weight excluding hydrogens is 211 g/mol. The molecule has 0 radical (unpaired) electrons. The lowest BCUT2D eigenvalue weighted by Crippen LogP contribution is -2.14. The van der Waals surface area contributed by atoms with Crippen molar-refractivity contribution in [3.63, 3.8) is 0 Å². The molecule has 3 nitrogen and oxygen atoms in total. The maximum Gasteiger partial charge on any atom is 0.339 e. The highest BCUT2D eigenvalue weighted by Gasteiger charge is 2.28. The van der Waals surface area contributed by atoms with Crippen LogP contribution in [0.2, 0.25) is 0 Å². The summed E-state index contributed by atoms with van der Waals surface area (Å²) >= 11 is 0. The molecule has 0 aliphatic rings. The van der Waals surface area contributed by atoms with Gasteiger partial charge in [0.25, 0.3) is 0 Å². The number of methoxy groups -OCH3 is 1. The Morgan fingerprint density at radius 3 is 2.38 bits per heavy atom. The second-order valence-corrected chi connectivity index (χ2v) is 4.12. The molecule has 0 bridgehead atoms. The summed E-state index contributed by atoms with van der Waals surface area (Å²) in [7, 11) is 1.34. The molecule has 0 spiro atoms. The maximum absolute atomic E-state index is 13.9. The number of aromatic carboxylic acids is 1. The average Bonchev–Trinajstić information content (AvgIpc) is 2.14. The molecular formula is C12H15FO3. The molecule has 0 saturated heterocycles. The van der Waals surface area contributed by atoms with Gasteiger partial charge in [-0.1, -0.05) is 12.1 Å². The number of carbonyl (C=O) groups is 1. The number of hydrogen-bond donors (Lipinski definition) is 1. The molecule has 16 heavy (non-hydrogen) atoms. The SMILES string of the molecule is COc1c(C(C)(C)F)ccc(C)c1C(=O)O. The average molecular weight is 226 g/mol. The molecule has 0 unspecified atom stereocenters. The summed E-state index contributed by atoms with van der Waals surface area (Å²) in [5, 5.41) is 9.07. The number of ether oxygens (including phenoxy) is 1. The molecule has 1 N–H and O–H groups in total. The number of aryl methyl sites for hydroxylation is 1. The first-order valence-corrected chi connectivity index (χ1v) is 4.89. The fraction of sp³-hybridized carbons (Fsp3) is 0.417. The summed E-state index contributed by atoms with van der Waals surface area (Å²) < 4.78 is 18.9. The Hall–Kier alpha value is -1.58. The number of carboxylic acids is 1. The lowest BCUT2D eigenvalue weighted by Gasteiger charge is -2.20. The molecule has 0 aliphatic heterocycles. The molecule has 0 fully saturated rings. The lowest BCUT2D eigenvalue weighted by molar-refractivity contribution is 0.0691. The van der Waals surface area contributed by atoms with Gasteiger partial charge in [-0.2, -0.15) is 0 Å². The lowest BCUT2D eigenvalue weighted by atomic mass is 9.94. The molecule has 0 saturated carbocycles. The Labute approximate surface area is 93.9 Å². The molecule has 0 aromatic heterocycles. The largest absolute Gasteiger partial charge is 0.495 e. The molecule has 1 aromatic carbocycles. The van der Waals surface area contributed by atoms with Crippen LogP contribution in [0.3, 0.4) is 0 Å². The third-order valence-corrected chi connectivity index (χ3v) is 2.42. The van der Waals surface area contributed by atoms with Gasteiger partial charge in [-0.3, -0.25) is 0 Å². The van der Waals surface area contributed by atoms with E-state index in [1.54, 1.807) is 19.1 Å². The monoisotopic (exact) mass is 226 g/mol. The number of rotatable bonds is 3. The fourth-order valence-electron chi connectivity index (χ4n) is 1.63. The van der Waals surface area contributed by atoms with Crippen molar-refractivity contribution in [3.8, 4) is 5.75 Å². The van der Waals surface area contributed by atoms with E-state index in [0.717, 1.165) is 0 Å². The van der Waals surface area contributed by atoms with Crippen LogP contribution in [0.4, 0.5) is 4.39 Å². The van der Waals surface area contributed by atoms with E-state index in [1.165, 1.54) is 21.0 Å². The van der Waals surface area contributed by atoms with Crippen LogP contribution in [0.25, 0.3) is 0 Å². The number of carboxylic acid groups (broad SMARTS) is 1. The van der Waals surface area contributed by atoms with Gasteiger partial charge in [-0.05, 0) is 26.3 Å². The molecule has 1 aromatic rings. The fourth-order valence-corrected chi connectivity index (χ4v) is 1.63. The van der Waals surface area contributed by atoms with Crippen LogP contribution < -0.4 is 4.74 Å². The Balaban J connectivity index is 3.56. The van der Waals surface area contributed by atoms with Crippen molar-refractivity contribution in [2.75, 3.05) is 7.11 Å². The highest BCUT2D eigenvalue weighted by molar-refractivity contribution is 5.93. The van der Waals surface area contributed by atoms with Crippen molar-refractivity contribution in [1.29, 1.82) is 0 Å². The Morgan fingerprint density at radius 2 is 2.00 bits per heavy atom. The highest BCUT2D eigenvalue weighted by atomic mass is 19.1. The van der Waals surface area contributed by atoms with Crippen molar-refractivity contribution >= 4 is 5.97 Å². The Bertz CT molecular complexity index is 419. The van der Waals surface area contributed by atoms with Gasteiger partial charge in [0.2, 0.25) is 0 Å². The summed E-state index contributed by atoms with van der Waals surface area (Å²) in [6.07, 6.45) is 0. The van der Waals surface area contributed by atoms with E-state index in [-0.39, 0.29) is 16.9 Å². The van der Waals surface area contributed by atoms with E-state index < -0.39 is 11.6 Å². The molecule has 4 heteroatoms. The van der Waals surface area contributed by atoms with Gasteiger partial charge in [-0.25, -0.2) is 9.18 Å². The normalized spacial score (nSPS) is 11.3. The van der Waals surface area contributed by atoms with E-state index in [4.69, 9.17) is 9.84 Å². The standard InChI is InChI=1S/C12H15FO3/c1-7-5-6-8(12(2,3)13)10(16-4)9(7)11(14)15/h5-6H,1-4H3,(H,14,15). The minimum absolute atomic E-state index is 0.0192. The van der Waals surface area contributed by atoms with Gasteiger partial charge >= 0.3 is 5.97 Å². The smallest absolute Gasteiger partial charge is 0.339 e. The van der Waals surface area contributed by atoms with Gasteiger partial charge in [0, 0.05) is 5.56 Å². The molecule has 1 rings (SSSR count). The summed E-state index contributed by atoms with van der Waals surface area (Å²) in [5.41, 5.74) is -0.815. The minimum Gasteiger partial charge on any atom is -0.495 e. The van der Waals surface area contributed by atoms with Crippen LogP contribution in [0, 0.1) is 6.92 Å². The second-order valence-electron chi connectivity index (χ2n) is 4.12. The van der Waals surface area contributed by atoms with E-state index in [2.05, 4.69) is 0 Å². The predicted molar refractivity (Wildman–Crippen MR) is 58.8 cm³/mol. The summed E-state index contributed by atoms with van der Waals surface area (Å²) in [6, 6.07) is 3.14. The molecule has 0 heterocycles. The molecule has 0 aliphatic carbocycles. The summed E-state index contributed by atoms with van der Waals surface area (Å²) in [6.45, 7) is 4.39.